The molecule has 0 aromatic carbocycles. The fourth-order valence-corrected chi connectivity index (χ4v) is 4.37. The average Bonchev–Trinajstić information content (AvgIpc) is 2.55. The van der Waals surface area contributed by atoms with Crippen molar-refractivity contribution in [3.63, 3.8) is 0 Å². The lowest BCUT2D eigenvalue weighted by molar-refractivity contribution is -0.134. The molecule has 0 spiro atoms. The first-order valence-electron chi connectivity index (χ1n) is 8.51. The van der Waals surface area contributed by atoms with Crippen LogP contribution in [0.15, 0.2) is 24.5 Å². The van der Waals surface area contributed by atoms with Gasteiger partial charge in [0.15, 0.2) is 0 Å². The monoisotopic (exact) mass is 301 g/mol. The van der Waals surface area contributed by atoms with E-state index in [-0.39, 0.29) is 5.91 Å². The van der Waals surface area contributed by atoms with Gasteiger partial charge in [-0.2, -0.15) is 0 Å². The highest BCUT2D eigenvalue weighted by Crippen LogP contribution is 2.36. The quantitative estimate of drug-likeness (QED) is 0.860. The molecule has 1 aromatic rings. The minimum atomic E-state index is 0.232. The van der Waals surface area contributed by atoms with E-state index in [2.05, 4.69) is 16.9 Å². The zero-order chi connectivity index (χ0) is 15.5. The van der Waals surface area contributed by atoms with Crippen LogP contribution in [0.25, 0.3) is 0 Å². The topological polar surface area (TPSA) is 36.4 Å². The molecule has 1 aromatic heterocycles. The number of carbonyl (C=O) groups is 1. The first-order valence-corrected chi connectivity index (χ1v) is 8.51. The third-order valence-corrected chi connectivity index (χ3v) is 5.54. The van der Waals surface area contributed by atoms with Gasteiger partial charge in [0.1, 0.15) is 0 Å². The van der Waals surface area contributed by atoms with E-state index in [1.165, 1.54) is 32.2 Å². The molecule has 4 heteroatoms. The number of aromatic nitrogens is 1. The van der Waals surface area contributed by atoms with Crippen molar-refractivity contribution in [2.24, 2.45) is 5.92 Å². The highest BCUT2D eigenvalue weighted by atomic mass is 16.2. The van der Waals surface area contributed by atoms with Crippen LogP contribution < -0.4 is 0 Å². The minimum absolute atomic E-state index is 0.232. The van der Waals surface area contributed by atoms with E-state index in [9.17, 15) is 4.79 Å². The summed E-state index contributed by atoms with van der Waals surface area (Å²) in [6.07, 6.45) is 10.4. The Kier molecular flexibility index (Phi) is 4.77. The van der Waals surface area contributed by atoms with Crippen LogP contribution >= 0.6 is 0 Å². The van der Waals surface area contributed by atoms with Gasteiger partial charge in [-0.15, -0.1) is 0 Å². The lowest BCUT2D eigenvalue weighted by Gasteiger charge is -2.49. The maximum absolute atomic E-state index is 12.7. The largest absolute Gasteiger partial charge is 0.341 e. The normalized spacial score (nSPS) is 28.9. The molecule has 3 atom stereocenters. The molecule has 0 bridgehead atoms. The van der Waals surface area contributed by atoms with Gasteiger partial charge in [0, 0.05) is 31.5 Å². The Hall–Kier alpha value is -1.42. The van der Waals surface area contributed by atoms with Crippen molar-refractivity contribution in [2.75, 3.05) is 20.6 Å². The zero-order valence-electron chi connectivity index (χ0n) is 13.7. The molecule has 2 heterocycles. The highest BCUT2D eigenvalue weighted by molar-refractivity contribution is 5.78. The van der Waals surface area contributed by atoms with Crippen molar-refractivity contribution in [3.8, 4) is 0 Å². The van der Waals surface area contributed by atoms with Gasteiger partial charge >= 0.3 is 0 Å². The second kappa shape index (κ2) is 6.78. The number of likely N-dealkylation sites (tertiary alicyclic amines) is 1. The van der Waals surface area contributed by atoms with Crippen LogP contribution in [0.3, 0.4) is 0 Å². The van der Waals surface area contributed by atoms with E-state index in [0.717, 1.165) is 17.9 Å². The lowest BCUT2D eigenvalue weighted by Crippen LogP contribution is -2.58. The van der Waals surface area contributed by atoms with Crippen LogP contribution in [-0.4, -0.2) is 53.4 Å². The minimum Gasteiger partial charge on any atom is -0.341 e. The van der Waals surface area contributed by atoms with Crippen molar-refractivity contribution in [1.29, 1.82) is 0 Å². The number of fused-ring (bicyclic) bond motifs is 1. The van der Waals surface area contributed by atoms with E-state index < -0.39 is 0 Å². The van der Waals surface area contributed by atoms with Gasteiger partial charge in [-0.3, -0.25) is 9.78 Å². The summed E-state index contributed by atoms with van der Waals surface area (Å²) in [7, 11) is 4.23. The fraction of sp³-hybridized carbons (Fsp3) is 0.667. The Balaban J connectivity index is 1.69. The van der Waals surface area contributed by atoms with Crippen molar-refractivity contribution >= 4 is 5.91 Å². The van der Waals surface area contributed by atoms with E-state index in [1.54, 1.807) is 12.4 Å². The number of nitrogens with zero attached hydrogens (tertiary/aromatic N) is 3. The van der Waals surface area contributed by atoms with Gasteiger partial charge in [0.05, 0.1) is 6.42 Å². The first kappa shape index (κ1) is 15.5. The number of likely N-dealkylation sites (N-methyl/N-ethyl adjacent to an activating group) is 2. The SMILES string of the molecule is CN1CCC[C@H]2CCC[C@H](N(C)C(=O)Cc3ccncc3)[C@H]21. The summed E-state index contributed by atoms with van der Waals surface area (Å²) in [4.78, 5) is 21.2. The third kappa shape index (κ3) is 3.17. The summed E-state index contributed by atoms with van der Waals surface area (Å²) in [6, 6.07) is 4.79. The molecule has 1 aliphatic heterocycles. The predicted molar refractivity (Wildman–Crippen MR) is 87.5 cm³/mol. The van der Waals surface area contributed by atoms with E-state index >= 15 is 0 Å². The van der Waals surface area contributed by atoms with Crippen molar-refractivity contribution in [1.82, 2.24) is 14.8 Å². The molecule has 1 saturated heterocycles. The Morgan fingerprint density at radius 3 is 2.77 bits per heavy atom. The summed E-state index contributed by atoms with van der Waals surface area (Å²) < 4.78 is 0. The first-order chi connectivity index (χ1) is 10.7. The molecular formula is C18H27N3O. The molecule has 0 radical (unpaired) electrons. The molecule has 2 aliphatic rings. The summed E-state index contributed by atoms with van der Waals surface area (Å²) in [6.45, 7) is 1.17. The number of carbonyl (C=O) groups excluding carboxylic acids is 1. The van der Waals surface area contributed by atoms with Gasteiger partial charge in [-0.1, -0.05) is 6.42 Å². The molecule has 1 saturated carbocycles. The molecule has 1 aliphatic carbocycles. The van der Waals surface area contributed by atoms with Gasteiger partial charge in [0.2, 0.25) is 5.91 Å². The summed E-state index contributed by atoms with van der Waals surface area (Å²) in [5.74, 6) is 1.00. The molecule has 2 fully saturated rings. The van der Waals surface area contributed by atoms with Crippen LogP contribution in [0.1, 0.15) is 37.7 Å². The number of amides is 1. The second-order valence-electron chi connectivity index (χ2n) is 6.91. The van der Waals surface area contributed by atoms with Crippen molar-refractivity contribution in [2.45, 2.75) is 50.6 Å². The Morgan fingerprint density at radius 2 is 2.00 bits per heavy atom. The number of rotatable bonds is 3. The lowest BCUT2D eigenvalue weighted by atomic mass is 9.75. The van der Waals surface area contributed by atoms with Crippen LogP contribution in [0.4, 0.5) is 0 Å². The summed E-state index contributed by atoms with van der Waals surface area (Å²) in [5, 5.41) is 0. The van der Waals surface area contributed by atoms with Crippen molar-refractivity contribution < 1.29 is 4.79 Å². The van der Waals surface area contributed by atoms with E-state index in [4.69, 9.17) is 0 Å². The van der Waals surface area contributed by atoms with Crippen LogP contribution in [0.2, 0.25) is 0 Å². The van der Waals surface area contributed by atoms with Gasteiger partial charge in [-0.25, -0.2) is 0 Å². The standard InChI is InChI=1S/C18H27N3O/c1-20-12-4-6-15-5-3-7-16(18(15)20)21(2)17(22)13-14-8-10-19-11-9-14/h8-11,15-16,18H,3-7,12-13H2,1-2H3/t15-,16+,18+/m1/s1. The Morgan fingerprint density at radius 1 is 1.27 bits per heavy atom. The van der Waals surface area contributed by atoms with Crippen LogP contribution in [0.5, 0.6) is 0 Å². The van der Waals surface area contributed by atoms with Gasteiger partial charge < -0.3 is 9.80 Å². The van der Waals surface area contributed by atoms with Crippen molar-refractivity contribution in [3.05, 3.63) is 30.1 Å². The number of pyridine rings is 1. The number of hydrogen-bond donors (Lipinski definition) is 0. The smallest absolute Gasteiger partial charge is 0.227 e. The van der Waals surface area contributed by atoms with E-state index in [0.29, 0.717) is 18.5 Å². The molecule has 22 heavy (non-hydrogen) atoms. The summed E-state index contributed by atoms with van der Waals surface area (Å²) >= 11 is 0. The molecule has 3 rings (SSSR count). The Labute approximate surface area is 133 Å². The summed E-state index contributed by atoms with van der Waals surface area (Å²) in [5.41, 5.74) is 1.05. The molecule has 0 unspecified atom stereocenters. The zero-order valence-corrected chi connectivity index (χ0v) is 13.7. The van der Waals surface area contributed by atoms with Crippen LogP contribution in [0, 0.1) is 5.92 Å². The average molecular weight is 301 g/mol. The van der Waals surface area contributed by atoms with E-state index in [1.807, 2.05) is 24.1 Å². The predicted octanol–water partition coefficient (Wildman–Crippen LogP) is 2.35. The molecule has 4 nitrogen and oxygen atoms in total. The molecule has 1 amide bonds. The van der Waals surface area contributed by atoms with Crippen LogP contribution in [-0.2, 0) is 11.2 Å². The Bertz CT molecular complexity index is 502. The maximum atomic E-state index is 12.7. The fourth-order valence-electron chi connectivity index (χ4n) is 4.37. The van der Waals surface area contributed by atoms with Gasteiger partial charge in [0.25, 0.3) is 0 Å². The second-order valence-corrected chi connectivity index (χ2v) is 6.91. The van der Waals surface area contributed by atoms with Gasteiger partial charge in [-0.05, 0) is 62.9 Å². The number of hydrogen-bond acceptors (Lipinski definition) is 3. The number of piperidine rings is 1. The molecule has 120 valence electrons. The molecule has 0 N–H and O–H groups in total. The maximum Gasteiger partial charge on any atom is 0.227 e. The molecular weight excluding hydrogens is 274 g/mol. The highest BCUT2D eigenvalue weighted by Gasteiger charge is 2.40. The third-order valence-electron chi connectivity index (χ3n) is 5.54.